The second-order valence-electron chi connectivity index (χ2n) is 5.24. The van der Waals surface area contributed by atoms with Crippen molar-refractivity contribution >= 4 is 23.0 Å². The van der Waals surface area contributed by atoms with Crippen LogP contribution in [0.3, 0.4) is 0 Å². The third-order valence-corrected chi connectivity index (χ3v) is 4.79. The number of nitrogens with one attached hydrogen (secondary N) is 1. The van der Waals surface area contributed by atoms with Crippen LogP contribution >= 0.6 is 11.3 Å². The molecule has 1 atom stereocenters. The van der Waals surface area contributed by atoms with Crippen LogP contribution in [0.4, 0.5) is 11.6 Å². The highest BCUT2D eigenvalue weighted by Crippen LogP contribution is 2.31. The number of anilines is 2. The lowest BCUT2D eigenvalue weighted by atomic mass is 10.2. The van der Waals surface area contributed by atoms with E-state index in [-0.39, 0.29) is 0 Å². The maximum atomic E-state index is 4.78. The molecule has 0 saturated carbocycles. The Balaban J connectivity index is 2.39. The van der Waals surface area contributed by atoms with E-state index in [0.717, 1.165) is 35.9 Å². The maximum Gasteiger partial charge on any atom is 0.137 e. The van der Waals surface area contributed by atoms with Gasteiger partial charge in [0, 0.05) is 31.0 Å². The molecule has 1 unspecified atom stereocenters. The van der Waals surface area contributed by atoms with Crippen LogP contribution in [-0.4, -0.2) is 24.1 Å². The van der Waals surface area contributed by atoms with Crippen molar-refractivity contribution in [1.29, 1.82) is 0 Å². The van der Waals surface area contributed by atoms with Crippen LogP contribution in [0.15, 0.2) is 17.5 Å². The zero-order chi connectivity index (χ0) is 15.4. The molecule has 5 heteroatoms. The van der Waals surface area contributed by atoms with E-state index in [2.05, 4.69) is 60.5 Å². The first-order valence-electron chi connectivity index (χ1n) is 7.40. The molecular formula is C16H24N4S. The summed E-state index contributed by atoms with van der Waals surface area (Å²) in [5.41, 5.74) is 1.10. The predicted molar refractivity (Wildman–Crippen MR) is 91.4 cm³/mol. The van der Waals surface area contributed by atoms with Gasteiger partial charge in [-0.1, -0.05) is 13.0 Å². The molecule has 0 spiro atoms. The third kappa shape index (κ3) is 3.35. The zero-order valence-electron chi connectivity index (χ0n) is 13.5. The van der Waals surface area contributed by atoms with Gasteiger partial charge in [0.1, 0.15) is 17.5 Å². The second-order valence-corrected chi connectivity index (χ2v) is 6.22. The number of aryl methyl sites for hydroxylation is 1. The van der Waals surface area contributed by atoms with Crippen molar-refractivity contribution in [2.75, 3.05) is 24.3 Å². The van der Waals surface area contributed by atoms with Gasteiger partial charge in [0.25, 0.3) is 0 Å². The van der Waals surface area contributed by atoms with Crippen LogP contribution in [-0.2, 0) is 6.42 Å². The number of hydrogen-bond donors (Lipinski definition) is 1. The molecule has 21 heavy (non-hydrogen) atoms. The minimum Gasteiger partial charge on any atom is -0.373 e. The van der Waals surface area contributed by atoms with Crippen molar-refractivity contribution in [2.24, 2.45) is 0 Å². The number of aromatic nitrogens is 2. The van der Waals surface area contributed by atoms with E-state index in [1.54, 1.807) is 11.3 Å². The number of hydrogen-bond acceptors (Lipinski definition) is 5. The van der Waals surface area contributed by atoms with E-state index in [0.29, 0.717) is 6.04 Å². The molecule has 0 aliphatic heterocycles. The Morgan fingerprint density at radius 3 is 2.71 bits per heavy atom. The van der Waals surface area contributed by atoms with Crippen LogP contribution in [0, 0.1) is 6.92 Å². The largest absolute Gasteiger partial charge is 0.373 e. The highest BCUT2D eigenvalue weighted by atomic mass is 32.1. The molecule has 2 aromatic heterocycles. The van der Waals surface area contributed by atoms with Crippen LogP contribution in [0.25, 0.3) is 0 Å². The van der Waals surface area contributed by atoms with E-state index < -0.39 is 0 Å². The SMILES string of the molecule is CCCc1nc(NC)c(C)c(N(C)C(C)c2cccs2)n1. The molecular weight excluding hydrogens is 280 g/mol. The van der Waals surface area contributed by atoms with Crippen molar-refractivity contribution < 1.29 is 0 Å². The van der Waals surface area contributed by atoms with Gasteiger partial charge in [0.2, 0.25) is 0 Å². The molecule has 0 saturated heterocycles. The second kappa shape index (κ2) is 6.89. The van der Waals surface area contributed by atoms with Crippen LogP contribution < -0.4 is 10.2 Å². The molecule has 2 aromatic rings. The summed E-state index contributed by atoms with van der Waals surface area (Å²) < 4.78 is 0. The Hall–Kier alpha value is -1.62. The van der Waals surface area contributed by atoms with Crippen molar-refractivity contribution in [2.45, 2.75) is 39.7 Å². The maximum absolute atomic E-state index is 4.78. The average molecular weight is 304 g/mol. The summed E-state index contributed by atoms with van der Waals surface area (Å²) in [5, 5.41) is 5.31. The fourth-order valence-corrected chi connectivity index (χ4v) is 3.20. The van der Waals surface area contributed by atoms with Gasteiger partial charge in [0.05, 0.1) is 6.04 Å². The lowest BCUT2D eigenvalue weighted by molar-refractivity contribution is 0.726. The minimum atomic E-state index is 0.304. The molecule has 0 radical (unpaired) electrons. The molecule has 0 aliphatic rings. The summed E-state index contributed by atoms with van der Waals surface area (Å²) in [5.74, 6) is 2.85. The topological polar surface area (TPSA) is 41.1 Å². The smallest absolute Gasteiger partial charge is 0.137 e. The summed E-state index contributed by atoms with van der Waals surface area (Å²) in [4.78, 5) is 13.0. The molecule has 0 fully saturated rings. The Morgan fingerprint density at radius 2 is 2.14 bits per heavy atom. The van der Waals surface area contributed by atoms with Gasteiger partial charge in [-0.15, -0.1) is 11.3 Å². The number of nitrogens with zero attached hydrogens (tertiary/aromatic N) is 3. The average Bonchev–Trinajstić information content (AvgIpc) is 3.01. The summed E-state index contributed by atoms with van der Waals surface area (Å²) in [6.45, 7) is 6.44. The van der Waals surface area contributed by atoms with Crippen LogP contribution in [0.2, 0.25) is 0 Å². The monoisotopic (exact) mass is 304 g/mol. The molecule has 4 nitrogen and oxygen atoms in total. The summed E-state index contributed by atoms with van der Waals surface area (Å²) in [6, 6.07) is 4.57. The Kier molecular flexibility index (Phi) is 5.17. The van der Waals surface area contributed by atoms with Gasteiger partial charge in [0.15, 0.2) is 0 Å². The first-order chi connectivity index (χ1) is 10.1. The van der Waals surface area contributed by atoms with Gasteiger partial charge < -0.3 is 10.2 Å². The van der Waals surface area contributed by atoms with Gasteiger partial charge in [-0.05, 0) is 31.7 Å². The summed E-state index contributed by atoms with van der Waals surface area (Å²) in [6.07, 6.45) is 1.96. The predicted octanol–water partition coefficient (Wildman–Crippen LogP) is 4.04. The first kappa shape index (κ1) is 15.8. The van der Waals surface area contributed by atoms with Crippen LogP contribution in [0.1, 0.15) is 42.6 Å². The quantitative estimate of drug-likeness (QED) is 0.874. The highest BCUT2D eigenvalue weighted by molar-refractivity contribution is 7.10. The summed E-state index contributed by atoms with van der Waals surface area (Å²) >= 11 is 1.78. The number of rotatable bonds is 6. The van der Waals surface area contributed by atoms with Crippen molar-refractivity contribution in [3.63, 3.8) is 0 Å². The standard InChI is InChI=1S/C16H24N4S/c1-6-8-14-18-15(17-4)11(2)16(19-14)20(5)12(3)13-9-7-10-21-13/h7,9-10,12H,6,8H2,1-5H3,(H,17,18,19). The minimum absolute atomic E-state index is 0.304. The summed E-state index contributed by atoms with van der Waals surface area (Å²) in [7, 11) is 4.02. The molecule has 0 aliphatic carbocycles. The molecule has 0 aromatic carbocycles. The fraction of sp³-hybridized carbons (Fsp3) is 0.500. The highest BCUT2D eigenvalue weighted by Gasteiger charge is 2.19. The molecule has 114 valence electrons. The van der Waals surface area contributed by atoms with Gasteiger partial charge in [-0.3, -0.25) is 0 Å². The van der Waals surface area contributed by atoms with Crippen LogP contribution in [0.5, 0.6) is 0 Å². The molecule has 1 N–H and O–H groups in total. The van der Waals surface area contributed by atoms with Crippen molar-refractivity contribution in [1.82, 2.24) is 9.97 Å². The van der Waals surface area contributed by atoms with E-state index in [1.165, 1.54) is 4.88 Å². The normalized spacial score (nSPS) is 12.2. The molecule has 2 rings (SSSR count). The Morgan fingerprint density at radius 1 is 1.38 bits per heavy atom. The van der Waals surface area contributed by atoms with Gasteiger partial charge in [-0.25, -0.2) is 9.97 Å². The van der Waals surface area contributed by atoms with E-state index >= 15 is 0 Å². The van der Waals surface area contributed by atoms with Crippen molar-refractivity contribution in [3.05, 3.63) is 33.8 Å². The van der Waals surface area contributed by atoms with E-state index in [1.807, 2.05) is 7.05 Å². The fourth-order valence-electron chi connectivity index (χ4n) is 2.38. The first-order valence-corrected chi connectivity index (χ1v) is 8.27. The molecule has 2 heterocycles. The van der Waals surface area contributed by atoms with Gasteiger partial charge in [-0.2, -0.15) is 0 Å². The lowest BCUT2D eigenvalue weighted by Gasteiger charge is -2.27. The molecule has 0 bridgehead atoms. The van der Waals surface area contributed by atoms with Gasteiger partial charge >= 0.3 is 0 Å². The Bertz CT molecular complexity index is 580. The third-order valence-electron chi connectivity index (χ3n) is 3.75. The Labute approximate surface area is 131 Å². The van der Waals surface area contributed by atoms with Crippen molar-refractivity contribution in [3.8, 4) is 0 Å². The lowest BCUT2D eigenvalue weighted by Crippen LogP contribution is -2.24. The zero-order valence-corrected chi connectivity index (χ0v) is 14.3. The van der Waals surface area contributed by atoms with E-state index in [9.17, 15) is 0 Å². The molecule has 0 amide bonds. The number of thiophene rings is 1. The van der Waals surface area contributed by atoms with E-state index in [4.69, 9.17) is 4.98 Å².